The summed E-state index contributed by atoms with van der Waals surface area (Å²) in [6, 6.07) is 25.4. The van der Waals surface area contributed by atoms with E-state index in [2.05, 4.69) is 15.5 Å². The largest absolute Gasteiger partial charge is 0.486 e. The smallest absolute Gasteiger partial charge is 0.237 e. The van der Waals surface area contributed by atoms with Crippen LogP contribution in [0.1, 0.15) is 23.9 Å². The van der Waals surface area contributed by atoms with Crippen LogP contribution in [-0.2, 0) is 11.4 Å². The fraction of sp³-hybridized carbons (Fsp3) is 0.192. The van der Waals surface area contributed by atoms with Gasteiger partial charge >= 0.3 is 0 Å². The highest BCUT2D eigenvalue weighted by molar-refractivity contribution is 8.00. The molecule has 0 aliphatic carbocycles. The van der Waals surface area contributed by atoms with Crippen LogP contribution in [0, 0.1) is 13.8 Å². The number of anilines is 1. The van der Waals surface area contributed by atoms with E-state index in [4.69, 9.17) is 4.74 Å². The van der Waals surface area contributed by atoms with Crippen LogP contribution in [0.5, 0.6) is 5.75 Å². The molecule has 0 unspecified atom stereocenters. The zero-order chi connectivity index (χ0) is 23.2. The van der Waals surface area contributed by atoms with E-state index in [-0.39, 0.29) is 17.8 Å². The number of carbonyl (C=O) groups is 1. The van der Waals surface area contributed by atoms with Crippen LogP contribution in [0.2, 0.25) is 0 Å². The maximum Gasteiger partial charge on any atom is 0.237 e. The number of thioether (sulfide) groups is 1. The molecule has 0 fully saturated rings. The lowest BCUT2D eigenvalue weighted by Gasteiger charge is -2.16. The summed E-state index contributed by atoms with van der Waals surface area (Å²) >= 11 is 1.37. The lowest BCUT2D eigenvalue weighted by atomic mass is 10.1. The first-order valence-electron chi connectivity index (χ1n) is 10.7. The Morgan fingerprint density at radius 3 is 2.24 bits per heavy atom. The quantitative estimate of drug-likeness (QED) is 0.349. The van der Waals surface area contributed by atoms with Crippen LogP contribution in [0.4, 0.5) is 5.69 Å². The molecule has 0 spiro atoms. The highest BCUT2D eigenvalue weighted by Crippen LogP contribution is 2.28. The molecule has 0 radical (unpaired) electrons. The summed E-state index contributed by atoms with van der Waals surface area (Å²) in [4.78, 5) is 13.0. The average molecular weight is 459 g/mol. The zero-order valence-corrected chi connectivity index (χ0v) is 19.7. The molecule has 0 bridgehead atoms. The standard InChI is InChI=1S/C26H26N4O2S/c1-18-11-10-12-19(2)24(18)27-25(31)20(3)33-26-29-28-23(17-32-22-15-8-5-9-16-22)30(26)21-13-6-4-7-14-21/h4-16,20H,17H2,1-3H3,(H,27,31)/t20-/m1/s1. The predicted molar refractivity (Wildman–Crippen MR) is 132 cm³/mol. The molecule has 7 heteroatoms. The van der Waals surface area contributed by atoms with Gasteiger partial charge in [0.25, 0.3) is 0 Å². The number of hydrogen-bond donors (Lipinski definition) is 1. The van der Waals surface area contributed by atoms with Crippen molar-refractivity contribution in [3.8, 4) is 11.4 Å². The molecule has 0 saturated heterocycles. The van der Waals surface area contributed by atoms with Gasteiger partial charge in [0, 0.05) is 11.4 Å². The average Bonchev–Trinajstić information content (AvgIpc) is 3.23. The number of nitrogens with one attached hydrogen (secondary N) is 1. The first kappa shape index (κ1) is 22.6. The lowest BCUT2D eigenvalue weighted by Crippen LogP contribution is -2.24. The molecule has 0 saturated carbocycles. The highest BCUT2D eigenvalue weighted by atomic mass is 32.2. The van der Waals surface area contributed by atoms with Gasteiger partial charge in [-0.15, -0.1) is 10.2 Å². The third kappa shape index (κ3) is 5.43. The van der Waals surface area contributed by atoms with E-state index < -0.39 is 0 Å². The Hall–Kier alpha value is -3.58. The van der Waals surface area contributed by atoms with Crippen molar-refractivity contribution in [2.24, 2.45) is 0 Å². The monoisotopic (exact) mass is 458 g/mol. The number of rotatable bonds is 8. The third-order valence-corrected chi connectivity index (χ3v) is 6.25. The molecular weight excluding hydrogens is 432 g/mol. The van der Waals surface area contributed by atoms with Gasteiger partial charge in [-0.1, -0.05) is 66.4 Å². The number of nitrogens with zero attached hydrogens (tertiary/aromatic N) is 3. The number of aromatic nitrogens is 3. The molecule has 4 rings (SSSR count). The second-order valence-electron chi connectivity index (χ2n) is 7.69. The molecule has 6 nitrogen and oxygen atoms in total. The van der Waals surface area contributed by atoms with Crippen LogP contribution in [0.15, 0.2) is 84.0 Å². The minimum absolute atomic E-state index is 0.0814. The number of hydrogen-bond acceptors (Lipinski definition) is 5. The van der Waals surface area contributed by atoms with Crippen molar-refractivity contribution in [3.05, 3.63) is 95.8 Å². The molecule has 1 N–H and O–H groups in total. The number of amides is 1. The Bertz CT molecular complexity index is 1210. The van der Waals surface area contributed by atoms with Gasteiger partial charge in [0.2, 0.25) is 5.91 Å². The van der Waals surface area contributed by atoms with Gasteiger partial charge < -0.3 is 10.1 Å². The normalized spacial score (nSPS) is 11.7. The second-order valence-corrected chi connectivity index (χ2v) is 9.00. The molecule has 33 heavy (non-hydrogen) atoms. The maximum absolute atomic E-state index is 13.0. The molecule has 0 aliphatic rings. The number of ether oxygens (including phenoxy) is 1. The SMILES string of the molecule is Cc1cccc(C)c1NC(=O)[C@@H](C)Sc1nnc(COc2ccccc2)n1-c1ccccc1. The first-order chi connectivity index (χ1) is 16.0. The summed E-state index contributed by atoms with van der Waals surface area (Å²) in [6.45, 7) is 6.12. The zero-order valence-electron chi connectivity index (χ0n) is 18.9. The minimum atomic E-state index is -0.376. The van der Waals surface area contributed by atoms with Crippen molar-refractivity contribution in [1.29, 1.82) is 0 Å². The fourth-order valence-corrected chi connectivity index (χ4v) is 4.31. The molecule has 1 heterocycles. The number of benzene rings is 3. The van der Waals surface area contributed by atoms with Crippen molar-refractivity contribution in [3.63, 3.8) is 0 Å². The van der Waals surface area contributed by atoms with E-state index in [9.17, 15) is 4.79 Å². The van der Waals surface area contributed by atoms with E-state index in [1.54, 1.807) is 0 Å². The van der Waals surface area contributed by atoms with Gasteiger partial charge in [-0.3, -0.25) is 9.36 Å². The number of carbonyl (C=O) groups excluding carboxylic acids is 1. The van der Waals surface area contributed by atoms with E-state index in [0.29, 0.717) is 11.0 Å². The Morgan fingerprint density at radius 2 is 1.58 bits per heavy atom. The Labute approximate surface area is 198 Å². The van der Waals surface area contributed by atoms with Crippen LogP contribution in [-0.4, -0.2) is 25.9 Å². The number of aryl methyl sites for hydroxylation is 2. The van der Waals surface area contributed by atoms with E-state index in [1.165, 1.54) is 11.8 Å². The van der Waals surface area contributed by atoms with Crippen molar-refractivity contribution >= 4 is 23.4 Å². The topological polar surface area (TPSA) is 69.0 Å². The molecule has 1 aromatic heterocycles. The van der Waals surface area contributed by atoms with E-state index >= 15 is 0 Å². The maximum atomic E-state index is 13.0. The summed E-state index contributed by atoms with van der Waals surface area (Å²) in [5.41, 5.74) is 3.84. The van der Waals surface area contributed by atoms with Crippen molar-refractivity contribution in [2.45, 2.75) is 37.8 Å². The molecular formula is C26H26N4O2S. The van der Waals surface area contributed by atoms with Crippen LogP contribution in [0.25, 0.3) is 5.69 Å². The van der Waals surface area contributed by atoms with E-state index in [1.807, 2.05) is 104 Å². The molecule has 168 valence electrons. The summed E-state index contributed by atoms with van der Waals surface area (Å²) in [5, 5.41) is 12.1. The Balaban J connectivity index is 1.55. The highest BCUT2D eigenvalue weighted by Gasteiger charge is 2.22. The fourth-order valence-electron chi connectivity index (χ4n) is 3.42. The summed E-state index contributed by atoms with van der Waals surface area (Å²) < 4.78 is 7.85. The molecule has 1 atom stereocenters. The van der Waals surface area contributed by atoms with Crippen molar-refractivity contribution < 1.29 is 9.53 Å². The van der Waals surface area contributed by atoms with Crippen LogP contribution < -0.4 is 10.1 Å². The van der Waals surface area contributed by atoms with Crippen LogP contribution in [0.3, 0.4) is 0 Å². The van der Waals surface area contributed by atoms with Gasteiger partial charge in [-0.25, -0.2) is 0 Å². The van der Waals surface area contributed by atoms with Gasteiger partial charge in [0.05, 0.1) is 5.25 Å². The summed E-state index contributed by atoms with van der Waals surface area (Å²) in [7, 11) is 0. The molecule has 0 aliphatic heterocycles. The minimum Gasteiger partial charge on any atom is -0.486 e. The first-order valence-corrected chi connectivity index (χ1v) is 11.6. The van der Waals surface area contributed by atoms with Gasteiger partial charge in [0.1, 0.15) is 12.4 Å². The van der Waals surface area contributed by atoms with Gasteiger partial charge in [0.15, 0.2) is 11.0 Å². The summed E-state index contributed by atoms with van der Waals surface area (Å²) in [5.74, 6) is 1.34. The Kier molecular flexibility index (Phi) is 7.10. The predicted octanol–water partition coefficient (Wildman–Crippen LogP) is 5.58. The van der Waals surface area contributed by atoms with E-state index in [0.717, 1.165) is 28.3 Å². The van der Waals surface area contributed by atoms with Gasteiger partial charge in [-0.05, 0) is 56.2 Å². The number of para-hydroxylation sites is 3. The molecule has 4 aromatic rings. The Morgan fingerprint density at radius 1 is 0.939 bits per heavy atom. The van der Waals surface area contributed by atoms with Crippen molar-refractivity contribution in [2.75, 3.05) is 5.32 Å². The molecule has 3 aromatic carbocycles. The molecule has 1 amide bonds. The lowest BCUT2D eigenvalue weighted by molar-refractivity contribution is -0.115. The second kappa shape index (κ2) is 10.4. The van der Waals surface area contributed by atoms with Crippen molar-refractivity contribution in [1.82, 2.24) is 14.8 Å². The third-order valence-electron chi connectivity index (χ3n) is 5.21. The van der Waals surface area contributed by atoms with Crippen LogP contribution >= 0.6 is 11.8 Å². The van der Waals surface area contributed by atoms with Gasteiger partial charge in [-0.2, -0.15) is 0 Å². The summed E-state index contributed by atoms with van der Waals surface area (Å²) in [6.07, 6.45) is 0.